The van der Waals surface area contributed by atoms with Gasteiger partial charge in [0, 0.05) is 19.3 Å². The molecule has 0 aromatic carbocycles. The molecule has 0 fully saturated rings. The van der Waals surface area contributed by atoms with Crippen molar-refractivity contribution >= 4 is 17.9 Å². The molecular formula is C59H108O6. The molecule has 6 nitrogen and oxygen atoms in total. The molecule has 0 rings (SSSR count). The van der Waals surface area contributed by atoms with Crippen molar-refractivity contribution in [2.24, 2.45) is 0 Å². The molecule has 0 saturated heterocycles. The van der Waals surface area contributed by atoms with E-state index in [4.69, 9.17) is 14.2 Å². The van der Waals surface area contributed by atoms with Crippen molar-refractivity contribution in [3.8, 4) is 0 Å². The molecule has 0 spiro atoms. The van der Waals surface area contributed by atoms with Gasteiger partial charge >= 0.3 is 17.9 Å². The maximum Gasteiger partial charge on any atom is 0.306 e. The third kappa shape index (κ3) is 52.5. The largest absolute Gasteiger partial charge is 0.462 e. The van der Waals surface area contributed by atoms with E-state index < -0.39 is 6.10 Å². The maximum absolute atomic E-state index is 12.8. The Morgan fingerprint density at radius 2 is 0.554 bits per heavy atom. The molecule has 380 valence electrons. The molecule has 0 saturated carbocycles. The first-order valence-electron chi connectivity index (χ1n) is 28.5. The lowest BCUT2D eigenvalue weighted by atomic mass is 10.0. The first kappa shape index (κ1) is 62.6. The Morgan fingerprint density at radius 1 is 0.308 bits per heavy atom. The van der Waals surface area contributed by atoms with Crippen LogP contribution in [0, 0.1) is 0 Å². The van der Waals surface area contributed by atoms with Crippen LogP contribution >= 0.6 is 0 Å². The fourth-order valence-corrected chi connectivity index (χ4v) is 8.33. The van der Waals surface area contributed by atoms with Crippen LogP contribution in [-0.2, 0) is 28.6 Å². The minimum absolute atomic E-state index is 0.0715. The fourth-order valence-electron chi connectivity index (χ4n) is 8.33. The lowest BCUT2D eigenvalue weighted by Gasteiger charge is -2.18. The molecule has 0 N–H and O–H groups in total. The number of carbonyl (C=O) groups excluding carboxylic acids is 3. The van der Waals surface area contributed by atoms with Gasteiger partial charge in [-0.1, -0.05) is 263 Å². The lowest BCUT2D eigenvalue weighted by Crippen LogP contribution is -2.30. The lowest BCUT2D eigenvalue weighted by molar-refractivity contribution is -0.167. The second-order valence-corrected chi connectivity index (χ2v) is 19.2. The van der Waals surface area contributed by atoms with Gasteiger partial charge in [-0.25, -0.2) is 0 Å². The van der Waals surface area contributed by atoms with Gasteiger partial charge in [0.1, 0.15) is 13.2 Å². The standard InChI is InChI=1S/C59H108O6/c1-4-7-10-13-16-19-22-25-28-29-30-31-32-35-37-40-43-46-49-52-58(61)64-55-56(65-59(62)53-50-47-44-41-38-34-27-24-21-18-15-12-9-6-3)54-63-57(60)51-48-45-42-39-36-33-26-23-20-17-14-11-8-5-2/h16,19,25,28,30-31,56H,4-15,17-18,20-24,26-27,29,32-55H2,1-3H3/b19-16-,28-25-,31-30-. The van der Waals surface area contributed by atoms with E-state index in [0.29, 0.717) is 19.3 Å². The molecule has 0 amide bonds. The molecule has 65 heavy (non-hydrogen) atoms. The molecule has 0 heterocycles. The number of hydrogen-bond acceptors (Lipinski definition) is 6. The normalized spacial score (nSPS) is 12.2. The summed E-state index contributed by atoms with van der Waals surface area (Å²) in [7, 11) is 0. The maximum atomic E-state index is 12.8. The summed E-state index contributed by atoms with van der Waals surface area (Å²) in [6.07, 6.45) is 64.1. The minimum Gasteiger partial charge on any atom is -0.462 e. The van der Waals surface area contributed by atoms with Crippen molar-refractivity contribution in [2.75, 3.05) is 13.2 Å². The summed E-state index contributed by atoms with van der Waals surface area (Å²) in [4.78, 5) is 38.1. The van der Waals surface area contributed by atoms with Crippen molar-refractivity contribution in [3.63, 3.8) is 0 Å². The van der Waals surface area contributed by atoms with Gasteiger partial charge in [-0.2, -0.15) is 0 Å². The van der Waals surface area contributed by atoms with Gasteiger partial charge in [0.05, 0.1) is 0 Å². The number of ether oxygens (including phenoxy) is 3. The molecule has 0 aliphatic rings. The monoisotopic (exact) mass is 913 g/mol. The second-order valence-electron chi connectivity index (χ2n) is 19.2. The SMILES string of the molecule is CCCCC/C=C\C/C=C\C/C=C\CCCCCCCCC(=O)OCC(COC(=O)CCCCCCCCCCCCCCCC)OC(=O)CCCCCCCCCCCCCCCC. The van der Waals surface area contributed by atoms with Crippen LogP contribution in [0.4, 0.5) is 0 Å². The Morgan fingerprint density at radius 3 is 0.892 bits per heavy atom. The highest BCUT2D eigenvalue weighted by atomic mass is 16.6. The molecule has 0 aliphatic heterocycles. The third-order valence-electron chi connectivity index (χ3n) is 12.6. The molecule has 0 aromatic heterocycles. The predicted molar refractivity (Wildman–Crippen MR) is 279 cm³/mol. The highest BCUT2D eigenvalue weighted by Crippen LogP contribution is 2.16. The molecule has 0 radical (unpaired) electrons. The van der Waals surface area contributed by atoms with Crippen molar-refractivity contribution in [2.45, 2.75) is 309 Å². The Bertz CT molecular complexity index is 1090. The molecule has 0 bridgehead atoms. The second kappa shape index (κ2) is 54.2. The van der Waals surface area contributed by atoms with E-state index in [1.807, 2.05) is 0 Å². The number of unbranched alkanes of at least 4 members (excludes halogenated alkanes) is 35. The zero-order valence-corrected chi connectivity index (χ0v) is 43.5. The van der Waals surface area contributed by atoms with Crippen LogP contribution in [0.3, 0.4) is 0 Å². The van der Waals surface area contributed by atoms with Crippen LogP contribution in [0.25, 0.3) is 0 Å². The number of esters is 3. The molecule has 6 heteroatoms. The predicted octanol–water partition coefficient (Wildman–Crippen LogP) is 18.9. The number of carbonyl (C=O) groups is 3. The van der Waals surface area contributed by atoms with E-state index in [0.717, 1.165) is 77.0 Å². The summed E-state index contributed by atoms with van der Waals surface area (Å²) in [6.45, 7) is 6.64. The van der Waals surface area contributed by atoms with Crippen molar-refractivity contribution in [1.82, 2.24) is 0 Å². The van der Waals surface area contributed by atoms with Crippen molar-refractivity contribution in [3.05, 3.63) is 36.5 Å². The van der Waals surface area contributed by atoms with Gasteiger partial charge in [0.25, 0.3) is 0 Å². The Labute approximate surface area is 404 Å². The van der Waals surface area contributed by atoms with E-state index >= 15 is 0 Å². The Balaban J connectivity index is 4.35. The van der Waals surface area contributed by atoms with Gasteiger partial charge in [-0.15, -0.1) is 0 Å². The van der Waals surface area contributed by atoms with E-state index in [9.17, 15) is 14.4 Å². The van der Waals surface area contributed by atoms with Gasteiger partial charge < -0.3 is 14.2 Å². The number of hydrogen-bond donors (Lipinski definition) is 0. The van der Waals surface area contributed by atoms with E-state index in [2.05, 4.69) is 57.2 Å². The van der Waals surface area contributed by atoms with Crippen molar-refractivity contribution < 1.29 is 28.6 Å². The third-order valence-corrected chi connectivity index (χ3v) is 12.6. The van der Waals surface area contributed by atoms with E-state index in [1.165, 1.54) is 186 Å². The molecule has 1 atom stereocenters. The minimum atomic E-state index is -0.772. The number of allylic oxidation sites excluding steroid dienone is 6. The van der Waals surface area contributed by atoms with Gasteiger partial charge in [-0.3, -0.25) is 14.4 Å². The highest BCUT2D eigenvalue weighted by molar-refractivity contribution is 5.71. The Kier molecular flexibility index (Phi) is 52.3. The summed E-state index contributed by atoms with van der Waals surface area (Å²) < 4.78 is 16.9. The topological polar surface area (TPSA) is 78.9 Å². The van der Waals surface area contributed by atoms with Gasteiger partial charge in [0.2, 0.25) is 0 Å². The summed E-state index contributed by atoms with van der Waals surface area (Å²) in [6, 6.07) is 0. The first-order chi connectivity index (χ1) is 32.0. The van der Waals surface area contributed by atoms with E-state index in [-0.39, 0.29) is 31.1 Å². The average Bonchev–Trinajstić information content (AvgIpc) is 3.30. The smallest absolute Gasteiger partial charge is 0.306 e. The summed E-state index contributed by atoms with van der Waals surface area (Å²) in [5, 5.41) is 0. The Hall–Kier alpha value is -2.37. The average molecular weight is 914 g/mol. The zero-order valence-electron chi connectivity index (χ0n) is 43.5. The molecule has 0 aliphatic carbocycles. The summed E-state index contributed by atoms with van der Waals surface area (Å²) in [5.74, 6) is -0.867. The summed E-state index contributed by atoms with van der Waals surface area (Å²) in [5.41, 5.74) is 0. The van der Waals surface area contributed by atoms with Gasteiger partial charge in [-0.05, 0) is 57.8 Å². The van der Waals surface area contributed by atoms with Crippen LogP contribution in [0.15, 0.2) is 36.5 Å². The van der Waals surface area contributed by atoms with Gasteiger partial charge in [0.15, 0.2) is 6.10 Å². The first-order valence-corrected chi connectivity index (χ1v) is 28.5. The van der Waals surface area contributed by atoms with Crippen LogP contribution < -0.4 is 0 Å². The zero-order chi connectivity index (χ0) is 47.2. The fraction of sp³-hybridized carbons (Fsp3) is 0.847. The molecule has 0 aromatic rings. The molecular weight excluding hydrogens is 805 g/mol. The van der Waals surface area contributed by atoms with Crippen LogP contribution in [-0.4, -0.2) is 37.2 Å². The van der Waals surface area contributed by atoms with Crippen molar-refractivity contribution in [1.29, 1.82) is 0 Å². The quantitative estimate of drug-likeness (QED) is 0.0262. The highest BCUT2D eigenvalue weighted by Gasteiger charge is 2.19. The molecule has 1 unspecified atom stereocenters. The number of rotatable bonds is 52. The summed E-state index contributed by atoms with van der Waals surface area (Å²) >= 11 is 0. The van der Waals surface area contributed by atoms with Crippen LogP contribution in [0.5, 0.6) is 0 Å². The van der Waals surface area contributed by atoms with Crippen LogP contribution in [0.1, 0.15) is 303 Å². The van der Waals surface area contributed by atoms with Crippen LogP contribution in [0.2, 0.25) is 0 Å². The van der Waals surface area contributed by atoms with E-state index in [1.54, 1.807) is 0 Å².